The molecule has 0 heterocycles. The van der Waals surface area contributed by atoms with Crippen LogP contribution in [0.1, 0.15) is 33.1 Å². The minimum absolute atomic E-state index is 0.178. The molecule has 2 unspecified atom stereocenters. The van der Waals surface area contributed by atoms with Crippen LogP contribution in [0.2, 0.25) is 0 Å². The molecule has 90 valence electrons. The van der Waals surface area contributed by atoms with Crippen molar-refractivity contribution < 1.29 is 14.4 Å². The highest BCUT2D eigenvalue weighted by atomic mass is 16.4. The Balaban J connectivity index is 4.29. The van der Waals surface area contributed by atoms with Crippen LogP contribution in [0, 0.1) is 11.8 Å². The topological polar surface area (TPSA) is 37.3 Å². The highest BCUT2D eigenvalue weighted by Crippen LogP contribution is 2.20. The highest BCUT2D eigenvalue weighted by molar-refractivity contribution is 5.70. The van der Waals surface area contributed by atoms with Gasteiger partial charge in [-0.15, -0.1) is 0 Å². The fourth-order valence-electron chi connectivity index (χ4n) is 2.07. The summed E-state index contributed by atoms with van der Waals surface area (Å²) in [6.07, 6.45) is 2.90. The normalized spacial score (nSPS) is 16.1. The quantitative estimate of drug-likeness (QED) is 0.663. The summed E-state index contributed by atoms with van der Waals surface area (Å²) in [4.78, 5) is 11.1. The van der Waals surface area contributed by atoms with Gasteiger partial charge in [0.1, 0.15) is 0 Å². The van der Waals surface area contributed by atoms with Crippen molar-refractivity contribution in [2.24, 2.45) is 11.8 Å². The van der Waals surface area contributed by atoms with Crippen molar-refractivity contribution in [1.82, 2.24) is 0 Å². The minimum atomic E-state index is -0.635. The minimum Gasteiger partial charge on any atom is -0.481 e. The molecular weight excluding hydrogens is 190 g/mol. The molecule has 15 heavy (non-hydrogen) atoms. The first-order chi connectivity index (χ1) is 6.78. The molecule has 3 heteroatoms. The molecule has 0 aromatic heterocycles. The lowest BCUT2D eigenvalue weighted by molar-refractivity contribution is -0.874. The van der Waals surface area contributed by atoms with E-state index in [1.807, 2.05) is 0 Å². The number of hydrogen-bond acceptors (Lipinski definition) is 1. The second-order valence-electron chi connectivity index (χ2n) is 5.54. The first-order valence-corrected chi connectivity index (χ1v) is 5.81. The molecule has 0 rings (SSSR count). The van der Waals surface area contributed by atoms with Crippen LogP contribution in [0.4, 0.5) is 0 Å². The standard InChI is InChI=1S/C12H25NO2/c1-6-7-8-11(12(14)15)10(2)9-13(3,4)5/h10-11H,6-9H2,1-5H3/p+1. The van der Waals surface area contributed by atoms with Crippen molar-refractivity contribution in [3.8, 4) is 0 Å². The van der Waals surface area contributed by atoms with Crippen molar-refractivity contribution in [2.75, 3.05) is 27.7 Å². The van der Waals surface area contributed by atoms with Gasteiger partial charge in [0, 0.05) is 5.92 Å². The number of aliphatic carboxylic acids is 1. The molecular formula is C12H26NO2+. The van der Waals surface area contributed by atoms with Crippen LogP contribution in [-0.4, -0.2) is 43.2 Å². The molecule has 0 saturated heterocycles. The number of carboxylic acids is 1. The van der Waals surface area contributed by atoms with E-state index in [0.717, 1.165) is 30.3 Å². The monoisotopic (exact) mass is 216 g/mol. The van der Waals surface area contributed by atoms with Gasteiger partial charge in [-0.05, 0) is 6.42 Å². The number of nitrogens with zero attached hydrogens (tertiary/aromatic N) is 1. The summed E-state index contributed by atoms with van der Waals surface area (Å²) in [7, 11) is 6.32. The Morgan fingerprint density at radius 2 is 1.87 bits per heavy atom. The number of carboxylic acid groups (broad SMARTS) is 1. The second kappa shape index (κ2) is 6.11. The van der Waals surface area contributed by atoms with E-state index in [-0.39, 0.29) is 11.8 Å². The van der Waals surface area contributed by atoms with Gasteiger partial charge in [-0.1, -0.05) is 26.7 Å². The number of quaternary nitrogens is 1. The SMILES string of the molecule is CCCCC(C(=O)O)C(C)C[N+](C)(C)C. The van der Waals surface area contributed by atoms with E-state index in [0.29, 0.717) is 0 Å². The summed E-state index contributed by atoms with van der Waals surface area (Å²) in [5.74, 6) is -0.569. The molecule has 0 fully saturated rings. The molecule has 0 aliphatic rings. The van der Waals surface area contributed by atoms with Crippen LogP contribution >= 0.6 is 0 Å². The Hall–Kier alpha value is -0.570. The molecule has 0 saturated carbocycles. The maximum atomic E-state index is 11.1. The van der Waals surface area contributed by atoms with Crippen LogP contribution < -0.4 is 0 Å². The number of rotatable bonds is 7. The third-order valence-electron chi connectivity index (χ3n) is 2.71. The van der Waals surface area contributed by atoms with Crippen LogP contribution in [0.5, 0.6) is 0 Å². The molecule has 0 amide bonds. The van der Waals surface area contributed by atoms with E-state index in [2.05, 4.69) is 35.0 Å². The zero-order valence-corrected chi connectivity index (χ0v) is 10.8. The first kappa shape index (κ1) is 14.4. The lowest BCUT2D eigenvalue weighted by atomic mass is 9.88. The summed E-state index contributed by atoms with van der Waals surface area (Å²) in [6.45, 7) is 5.07. The maximum absolute atomic E-state index is 11.1. The Morgan fingerprint density at radius 3 is 2.20 bits per heavy atom. The van der Waals surface area contributed by atoms with Gasteiger partial charge in [-0.3, -0.25) is 4.79 Å². The second-order valence-corrected chi connectivity index (χ2v) is 5.54. The average Bonchev–Trinajstić information content (AvgIpc) is 2.00. The van der Waals surface area contributed by atoms with Crippen LogP contribution in [0.3, 0.4) is 0 Å². The van der Waals surface area contributed by atoms with Gasteiger partial charge in [0.05, 0.1) is 33.6 Å². The molecule has 0 aliphatic heterocycles. The van der Waals surface area contributed by atoms with Crippen molar-refractivity contribution in [1.29, 1.82) is 0 Å². The third kappa shape index (κ3) is 6.50. The van der Waals surface area contributed by atoms with E-state index in [4.69, 9.17) is 5.11 Å². The molecule has 0 aromatic rings. The maximum Gasteiger partial charge on any atom is 0.306 e. The lowest BCUT2D eigenvalue weighted by Crippen LogP contribution is -2.41. The van der Waals surface area contributed by atoms with Crippen molar-refractivity contribution in [2.45, 2.75) is 33.1 Å². The molecule has 0 aliphatic carbocycles. The van der Waals surface area contributed by atoms with Gasteiger partial charge in [-0.2, -0.15) is 0 Å². The smallest absolute Gasteiger partial charge is 0.306 e. The number of unbranched alkanes of at least 4 members (excludes halogenated alkanes) is 1. The van der Waals surface area contributed by atoms with Crippen LogP contribution in [0.15, 0.2) is 0 Å². The lowest BCUT2D eigenvalue weighted by Gasteiger charge is -2.30. The molecule has 0 bridgehead atoms. The first-order valence-electron chi connectivity index (χ1n) is 5.81. The third-order valence-corrected chi connectivity index (χ3v) is 2.71. The molecule has 0 radical (unpaired) electrons. The zero-order valence-electron chi connectivity index (χ0n) is 10.8. The van der Waals surface area contributed by atoms with Gasteiger partial charge >= 0.3 is 5.97 Å². The summed E-state index contributed by atoms with van der Waals surface area (Å²) < 4.78 is 0.830. The summed E-state index contributed by atoms with van der Waals surface area (Å²) in [5.41, 5.74) is 0. The summed E-state index contributed by atoms with van der Waals surface area (Å²) >= 11 is 0. The predicted molar refractivity (Wildman–Crippen MR) is 62.7 cm³/mol. The van der Waals surface area contributed by atoms with E-state index < -0.39 is 5.97 Å². The Bertz CT molecular complexity index is 196. The molecule has 0 spiro atoms. The van der Waals surface area contributed by atoms with Crippen molar-refractivity contribution >= 4 is 5.97 Å². The van der Waals surface area contributed by atoms with Crippen LogP contribution in [0.25, 0.3) is 0 Å². The fourth-order valence-corrected chi connectivity index (χ4v) is 2.07. The van der Waals surface area contributed by atoms with E-state index in [9.17, 15) is 4.79 Å². The molecule has 1 N–H and O–H groups in total. The average molecular weight is 216 g/mol. The zero-order chi connectivity index (χ0) is 12.1. The van der Waals surface area contributed by atoms with Crippen molar-refractivity contribution in [3.63, 3.8) is 0 Å². The van der Waals surface area contributed by atoms with Gasteiger partial charge in [-0.25, -0.2) is 0 Å². The van der Waals surface area contributed by atoms with Gasteiger partial charge in [0.15, 0.2) is 0 Å². The molecule has 2 atom stereocenters. The van der Waals surface area contributed by atoms with E-state index in [1.54, 1.807) is 0 Å². The molecule has 3 nitrogen and oxygen atoms in total. The fraction of sp³-hybridized carbons (Fsp3) is 0.917. The van der Waals surface area contributed by atoms with Gasteiger partial charge in [0.25, 0.3) is 0 Å². The Morgan fingerprint density at radius 1 is 1.33 bits per heavy atom. The van der Waals surface area contributed by atoms with Gasteiger partial charge in [0.2, 0.25) is 0 Å². The highest BCUT2D eigenvalue weighted by Gasteiger charge is 2.27. The predicted octanol–water partition coefficient (Wildman–Crippen LogP) is 2.22. The Kier molecular flexibility index (Phi) is 5.88. The number of carbonyl (C=O) groups is 1. The molecule has 0 aromatic carbocycles. The summed E-state index contributed by atoms with van der Waals surface area (Å²) in [6, 6.07) is 0. The van der Waals surface area contributed by atoms with Crippen LogP contribution in [-0.2, 0) is 4.79 Å². The number of hydrogen-bond donors (Lipinski definition) is 1. The van der Waals surface area contributed by atoms with E-state index in [1.165, 1.54) is 0 Å². The summed E-state index contributed by atoms with van der Waals surface area (Å²) in [5, 5.41) is 9.16. The van der Waals surface area contributed by atoms with Gasteiger partial charge < -0.3 is 9.59 Å². The largest absolute Gasteiger partial charge is 0.481 e. The van der Waals surface area contributed by atoms with Crippen molar-refractivity contribution in [3.05, 3.63) is 0 Å². The Labute approximate surface area is 93.7 Å². The van der Waals surface area contributed by atoms with E-state index >= 15 is 0 Å².